The molecule has 0 radical (unpaired) electrons. The van der Waals surface area contributed by atoms with Crippen molar-refractivity contribution in [2.45, 2.75) is 77.6 Å². The Morgan fingerprint density at radius 3 is 2.57 bits per heavy atom. The number of benzene rings is 2. The molecule has 46 heavy (non-hydrogen) atoms. The summed E-state index contributed by atoms with van der Waals surface area (Å²) in [5.41, 5.74) is -0.179. The molecule has 2 N–H and O–H groups in total. The lowest BCUT2D eigenvalue weighted by Gasteiger charge is -2.26. The summed E-state index contributed by atoms with van der Waals surface area (Å²) in [6.07, 6.45) is 5.46. The fraction of sp³-hybridized carbons (Fsp3) is 0.514. The van der Waals surface area contributed by atoms with Crippen LogP contribution in [0.4, 0.5) is 19.0 Å². The predicted molar refractivity (Wildman–Crippen MR) is 173 cm³/mol. The van der Waals surface area contributed by atoms with E-state index in [2.05, 4.69) is 19.9 Å². The van der Waals surface area contributed by atoms with Crippen molar-refractivity contribution in [3.8, 4) is 23.0 Å². The molecule has 2 aromatic carbocycles. The summed E-state index contributed by atoms with van der Waals surface area (Å²) in [5.74, 6) is -0.684. The summed E-state index contributed by atoms with van der Waals surface area (Å²) >= 11 is 0. The summed E-state index contributed by atoms with van der Waals surface area (Å²) in [4.78, 5) is 17.6. The van der Waals surface area contributed by atoms with Gasteiger partial charge in [-0.3, -0.25) is 9.88 Å². The van der Waals surface area contributed by atoms with E-state index in [-0.39, 0.29) is 34.5 Å². The third-order valence-electron chi connectivity index (χ3n) is 9.62. The van der Waals surface area contributed by atoms with E-state index in [9.17, 15) is 19.0 Å². The molecule has 3 atom stereocenters. The van der Waals surface area contributed by atoms with Crippen LogP contribution in [0.3, 0.4) is 0 Å². The lowest BCUT2D eigenvalue weighted by Crippen LogP contribution is -2.33. The van der Waals surface area contributed by atoms with E-state index in [0.29, 0.717) is 66.2 Å². The highest BCUT2D eigenvalue weighted by Gasteiger charge is 2.36. The Kier molecular flexibility index (Phi) is 9.00. The van der Waals surface area contributed by atoms with Crippen LogP contribution in [0.5, 0.6) is 11.8 Å². The Balaban J connectivity index is 0.000000352. The van der Waals surface area contributed by atoms with Crippen molar-refractivity contribution >= 4 is 27.5 Å². The minimum absolute atomic E-state index is 0.0196. The largest absolute Gasteiger partial charge is 0.508 e. The number of fused-ring (bicyclic) bond motifs is 3. The van der Waals surface area contributed by atoms with Crippen LogP contribution in [-0.4, -0.2) is 80.7 Å². The number of aromatic nitrogens is 3. The van der Waals surface area contributed by atoms with Gasteiger partial charge in [0.05, 0.1) is 17.6 Å². The van der Waals surface area contributed by atoms with Crippen molar-refractivity contribution in [3.63, 3.8) is 0 Å². The third-order valence-corrected chi connectivity index (χ3v) is 9.62. The first-order chi connectivity index (χ1) is 22.0. The maximum Gasteiger partial charge on any atom is 0.319 e. The molecule has 0 spiro atoms. The number of hydrogen-bond acceptors (Lipinski definition) is 8. The molecule has 0 bridgehead atoms. The lowest BCUT2D eigenvalue weighted by atomic mass is 9.90. The highest BCUT2D eigenvalue weighted by atomic mass is 19.1. The van der Waals surface area contributed by atoms with Gasteiger partial charge in [0.1, 0.15) is 34.8 Å². The molecule has 246 valence electrons. The van der Waals surface area contributed by atoms with Crippen LogP contribution in [0.2, 0.25) is 0 Å². The van der Waals surface area contributed by atoms with Gasteiger partial charge in [0.25, 0.3) is 0 Å². The number of aliphatic hydroxyl groups is 1. The van der Waals surface area contributed by atoms with E-state index >= 15 is 4.39 Å². The summed E-state index contributed by atoms with van der Waals surface area (Å²) < 4.78 is 49.2. The molecule has 4 aromatic rings. The molecule has 3 fully saturated rings. The molecule has 7 rings (SSSR count). The monoisotopic (exact) mass is 637 g/mol. The zero-order valence-electron chi connectivity index (χ0n) is 26.9. The zero-order valence-corrected chi connectivity index (χ0v) is 26.9. The molecule has 8 nitrogen and oxygen atoms in total. The van der Waals surface area contributed by atoms with Gasteiger partial charge in [0, 0.05) is 43.4 Å². The van der Waals surface area contributed by atoms with Gasteiger partial charge in [-0.2, -0.15) is 9.97 Å². The lowest BCUT2D eigenvalue weighted by molar-refractivity contribution is 0.0263. The smallest absolute Gasteiger partial charge is 0.319 e. The Hall–Kier alpha value is -3.70. The molecule has 3 aliphatic rings. The van der Waals surface area contributed by atoms with E-state index < -0.39 is 23.4 Å². The second-order valence-electron chi connectivity index (χ2n) is 13.1. The Labute approximate surface area is 267 Å². The number of pyridine rings is 1. The van der Waals surface area contributed by atoms with Crippen LogP contribution in [0.1, 0.15) is 58.9 Å². The van der Waals surface area contributed by atoms with Crippen LogP contribution in [0.25, 0.3) is 32.9 Å². The van der Waals surface area contributed by atoms with Gasteiger partial charge in [0.2, 0.25) is 0 Å². The number of nitrogens with zero attached hydrogens (tertiary/aromatic N) is 5. The Bertz CT molecular complexity index is 1740. The summed E-state index contributed by atoms with van der Waals surface area (Å²) in [5, 5.41) is 22.4. The van der Waals surface area contributed by atoms with Gasteiger partial charge in [-0.15, -0.1) is 0 Å². The van der Waals surface area contributed by atoms with Gasteiger partial charge in [-0.05, 0) is 94.0 Å². The average molecular weight is 638 g/mol. The maximum atomic E-state index is 16.3. The minimum Gasteiger partial charge on any atom is -0.508 e. The number of alkyl halides is 1. The summed E-state index contributed by atoms with van der Waals surface area (Å²) in [6.45, 7) is 10.5. The first-order valence-electron chi connectivity index (χ1n) is 16.3. The van der Waals surface area contributed by atoms with Gasteiger partial charge >= 0.3 is 6.01 Å². The van der Waals surface area contributed by atoms with E-state index in [1.165, 1.54) is 37.2 Å². The first kappa shape index (κ1) is 32.2. The number of halogens is 3. The highest BCUT2D eigenvalue weighted by Crippen LogP contribution is 2.40. The van der Waals surface area contributed by atoms with Crippen molar-refractivity contribution < 1.29 is 28.1 Å². The maximum absolute atomic E-state index is 16.3. The molecule has 2 aromatic heterocycles. The number of phenolic OH excluding ortho intramolecular Hbond substituents is 1. The molecule has 5 heterocycles. The minimum atomic E-state index is -0.861. The molecule has 0 saturated carbocycles. The van der Waals surface area contributed by atoms with E-state index in [4.69, 9.17) is 4.74 Å². The van der Waals surface area contributed by atoms with Gasteiger partial charge < -0.3 is 19.8 Å². The fourth-order valence-electron chi connectivity index (χ4n) is 7.23. The number of hydrogen-bond donors (Lipinski definition) is 2. The van der Waals surface area contributed by atoms with Gasteiger partial charge in [-0.25, -0.2) is 13.2 Å². The molecule has 3 saturated heterocycles. The standard InChI is InChI=1S/C28H30F2N4O3.C7H12FN/c1-5-18-21(29)8-7-15-11-17(35)12-19(22(15)18)24-23(30)25-20(13-31-24)26(33-27(32-25)37-6-2)34-10-9-16(14-34)28(3,4)36;8-6-4-7-2-1-3-9(7)5-6/h7-8,11-13,16,35-36H,5-6,9-10,14H2,1-4H3;6-7H,1-5H2. The second-order valence-corrected chi connectivity index (χ2v) is 13.1. The highest BCUT2D eigenvalue weighted by molar-refractivity contribution is 6.01. The Morgan fingerprint density at radius 1 is 1.07 bits per heavy atom. The number of phenols is 1. The van der Waals surface area contributed by atoms with Gasteiger partial charge in [0.15, 0.2) is 5.82 Å². The van der Waals surface area contributed by atoms with Crippen LogP contribution in [-0.2, 0) is 6.42 Å². The quantitative estimate of drug-likeness (QED) is 0.245. The molecule has 0 aliphatic carbocycles. The molecular formula is C35H42F3N5O3. The van der Waals surface area contributed by atoms with Crippen LogP contribution < -0.4 is 9.64 Å². The zero-order chi connectivity index (χ0) is 32.7. The van der Waals surface area contributed by atoms with E-state index in [1.54, 1.807) is 26.8 Å². The number of aromatic hydroxyl groups is 1. The fourth-order valence-corrected chi connectivity index (χ4v) is 7.23. The van der Waals surface area contributed by atoms with Gasteiger partial charge in [-0.1, -0.05) is 13.0 Å². The van der Waals surface area contributed by atoms with Crippen LogP contribution in [0, 0.1) is 17.6 Å². The van der Waals surface area contributed by atoms with Crippen molar-refractivity contribution in [1.82, 2.24) is 19.9 Å². The number of rotatable bonds is 6. The molecule has 11 heteroatoms. The third kappa shape index (κ3) is 6.19. The van der Waals surface area contributed by atoms with Crippen molar-refractivity contribution in [1.29, 1.82) is 0 Å². The van der Waals surface area contributed by atoms with Crippen LogP contribution >= 0.6 is 0 Å². The van der Waals surface area contributed by atoms with Crippen molar-refractivity contribution in [2.24, 2.45) is 5.92 Å². The number of aryl methyl sites for hydroxylation is 1. The predicted octanol–water partition coefficient (Wildman–Crippen LogP) is 6.58. The Morgan fingerprint density at radius 2 is 1.87 bits per heavy atom. The van der Waals surface area contributed by atoms with Crippen molar-refractivity contribution in [3.05, 3.63) is 47.7 Å². The van der Waals surface area contributed by atoms with Crippen molar-refractivity contribution in [2.75, 3.05) is 37.7 Å². The SMILES string of the molecule is CCOc1nc(N2CCC(C(C)(C)O)C2)c2cnc(-c3cc(O)cc4ccc(F)c(CC)c34)c(F)c2n1.FC1CC2CCCN2C1. The molecule has 0 amide bonds. The average Bonchev–Trinajstić information content (AvgIpc) is 3.75. The molecule has 3 unspecified atom stereocenters. The number of ether oxygens (including phenoxy) is 1. The summed E-state index contributed by atoms with van der Waals surface area (Å²) in [7, 11) is 0. The summed E-state index contributed by atoms with van der Waals surface area (Å²) in [6, 6.07) is 6.48. The van der Waals surface area contributed by atoms with Crippen LogP contribution in [0.15, 0.2) is 30.5 Å². The normalized spacial score (nSPS) is 21.6. The number of anilines is 1. The topological polar surface area (TPSA) is 94.8 Å². The second kappa shape index (κ2) is 12.8. The molecule has 3 aliphatic heterocycles. The van der Waals surface area contributed by atoms with E-state index in [0.717, 1.165) is 19.4 Å². The first-order valence-corrected chi connectivity index (χ1v) is 16.3. The molecular weight excluding hydrogens is 595 g/mol. The van der Waals surface area contributed by atoms with E-state index in [1.807, 2.05) is 11.8 Å².